The Labute approximate surface area is 222 Å². The fourth-order valence-corrected chi connectivity index (χ4v) is 7.45. The van der Waals surface area contributed by atoms with Gasteiger partial charge in [0, 0.05) is 24.7 Å². The molecule has 1 aliphatic heterocycles. The quantitative estimate of drug-likeness (QED) is 0.372. The van der Waals surface area contributed by atoms with E-state index >= 15 is 0 Å². The number of thiazole rings is 1. The van der Waals surface area contributed by atoms with Crippen molar-refractivity contribution in [3.05, 3.63) is 52.5 Å². The number of anilines is 1. The summed E-state index contributed by atoms with van der Waals surface area (Å²) in [6.07, 6.45) is 1.13. The van der Waals surface area contributed by atoms with E-state index in [1.807, 2.05) is 26.0 Å². The lowest BCUT2D eigenvalue weighted by molar-refractivity contribution is -0.121. The number of rotatable bonds is 9. The van der Waals surface area contributed by atoms with E-state index in [4.69, 9.17) is 16.6 Å². The van der Waals surface area contributed by atoms with Crippen molar-refractivity contribution >= 4 is 54.2 Å². The molecule has 10 heteroatoms. The normalized spacial score (nSPS) is 16.8. The van der Waals surface area contributed by atoms with Crippen LogP contribution in [0.1, 0.15) is 37.8 Å². The highest BCUT2D eigenvalue weighted by Crippen LogP contribution is 2.35. The zero-order valence-electron chi connectivity index (χ0n) is 21.2. The Morgan fingerprint density at radius 2 is 1.81 bits per heavy atom. The number of benzene rings is 2. The maximum absolute atomic E-state index is 14.0. The monoisotopic (exact) mass is 548 g/mol. The van der Waals surface area contributed by atoms with E-state index in [0.717, 1.165) is 34.4 Å². The minimum absolute atomic E-state index is 0.216. The average molecular weight is 549 g/mol. The molecule has 1 aromatic heterocycles. The molecule has 2 aromatic carbocycles. The van der Waals surface area contributed by atoms with Crippen molar-refractivity contribution in [2.45, 2.75) is 51.5 Å². The zero-order chi connectivity index (χ0) is 26.0. The minimum atomic E-state index is -3.80. The van der Waals surface area contributed by atoms with Crippen LogP contribution in [0.15, 0.2) is 41.3 Å². The standard InChI is InChI=1S/C26H33ClN4O3S2/c1-5-29(6-2)16-17-30(26-28-24-19(4)21(27)13-14-23(24)35-26)25(32)22-8-7-15-31(22)36(33,34)20-11-9-18(3)10-12-20/h9-14,22H,5-8,15-17H2,1-4H3. The van der Waals surface area contributed by atoms with Gasteiger partial charge in [-0.2, -0.15) is 4.31 Å². The predicted octanol–water partition coefficient (Wildman–Crippen LogP) is 5.09. The van der Waals surface area contributed by atoms with Crippen molar-refractivity contribution in [1.29, 1.82) is 0 Å². The predicted molar refractivity (Wildman–Crippen MR) is 148 cm³/mol. The number of sulfonamides is 1. The Bertz CT molecular complexity index is 1340. The fourth-order valence-electron chi connectivity index (χ4n) is 4.59. The van der Waals surface area contributed by atoms with Crippen LogP contribution in [0.2, 0.25) is 5.02 Å². The van der Waals surface area contributed by atoms with Crippen molar-refractivity contribution in [2.24, 2.45) is 0 Å². The summed E-state index contributed by atoms with van der Waals surface area (Å²) in [6.45, 7) is 11.2. The van der Waals surface area contributed by atoms with Gasteiger partial charge in [-0.1, -0.05) is 54.5 Å². The molecule has 0 spiro atoms. The van der Waals surface area contributed by atoms with Gasteiger partial charge in [-0.05, 0) is 69.6 Å². The number of likely N-dealkylation sites (N-methyl/N-ethyl adjacent to an activating group) is 1. The second-order valence-electron chi connectivity index (χ2n) is 9.12. The van der Waals surface area contributed by atoms with Gasteiger partial charge in [-0.3, -0.25) is 9.69 Å². The maximum Gasteiger partial charge on any atom is 0.247 e. The zero-order valence-corrected chi connectivity index (χ0v) is 23.6. The van der Waals surface area contributed by atoms with Crippen molar-refractivity contribution in [2.75, 3.05) is 37.6 Å². The van der Waals surface area contributed by atoms with Gasteiger partial charge >= 0.3 is 0 Å². The van der Waals surface area contributed by atoms with Gasteiger partial charge < -0.3 is 4.90 Å². The third kappa shape index (κ3) is 5.31. The van der Waals surface area contributed by atoms with Gasteiger partial charge in [0.2, 0.25) is 15.9 Å². The molecule has 1 saturated heterocycles. The van der Waals surface area contributed by atoms with Crippen LogP contribution in [0, 0.1) is 13.8 Å². The highest BCUT2D eigenvalue weighted by Gasteiger charge is 2.42. The van der Waals surface area contributed by atoms with Crippen molar-refractivity contribution in [3.8, 4) is 0 Å². The van der Waals surface area contributed by atoms with E-state index in [9.17, 15) is 13.2 Å². The lowest BCUT2D eigenvalue weighted by Crippen LogP contribution is -2.49. The summed E-state index contributed by atoms with van der Waals surface area (Å²) in [6, 6.07) is 9.80. The van der Waals surface area contributed by atoms with E-state index in [1.54, 1.807) is 29.2 Å². The molecular formula is C26H33ClN4O3S2. The first-order valence-corrected chi connectivity index (χ1v) is 15.0. The van der Waals surface area contributed by atoms with Crippen LogP contribution in [-0.4, -0.2) is 67.3 Å². The van der Waals surface area contributed by atoms with Crippen LogP contribution in [0.25, 0.3) is 10.2 Å². The third-order valence-electron chi connectivity index (χ3n) is 6.88. The molecule has 1 amide bonds. The Balaban J connectivity index is 1.70. The van der Waals surface area contributed by atoms with Crippen molar-refractivity contribution < 1.29 is 13.2 Å². The molecule has 0 saturated carbocycles. The fraction of sp³-hybridized carbons (Fsp3) is 0.462. The number of hydrogen-bond donors (Lipinski definition) is 0. The van der Waals surface area contributed by atoms with Crippen LogP contribution in [0.4, 0.5) is 5.13 Å². The Kier molecular flexibility index (Phi) is 8.36. The number of halogens is 1. The van der Waals surface area contributed by atoms with Crippen LogP contribution < -0.4 is 4.90 Å². The summed E-state index contributed by atoms with van der Waals surface area (Å²) in [5.41, 5.74) is 2.63. The molecular weight excluding hydrogens is 516 g/mol. The summed E-state index contributed by atoms with van der Waals surface area (Å²) in [5, 5.41) is 1.21. The smallest absolute Gasteiger partial charge is 0.247 e. The summed E-state index contributed by atoms with van der Waals surface area (Å²) >= 11 is 7.76. The molecule has 36 heavy (non-hydrogen) atoms. The number of carbonyl (C=O) groups is 1. The van der Waals surface area contributed by atoms with E-state index in [-0.39, 0.29) is 10.8 Å². The Morgan fingerprint density at radius 1 is 1.11 bits per heavy atom. The van der Waals surface area contributed by atoms with Crippen LogP contribution in [0.3, 0.4) is 0 Å². The van der Waals surface area contributed by atoms with Crippen molar-refractivity contribution in [3.63, 3.8) is 0 Å². The molecule has 1 aliphatic rings. The first kappa shape index (κ1) is 27.0. The van der Waals surface area contributed by atoms with E-state index in [1.165, 1.54) is 15.6 Å². The second kappa shape index (κ2) is 11.1. The van der Waals surface area contributed by atoms with E-state index < -0.39 is 16.1 Å². The second-order valence-corrected chi connectivity index (χ2v) is 12.4. The van der Waals surface area contributed by atoms with Crippen LogP contribution in [0.5, 0.6) is 0 Å². The topological polar surface area (TPSA) is 73.8 Å². The SMILES string of the molecule is CCN(CC)CCN(C(=O)C1CCCN1S(=O)(=O)c1ccc(C)cc1)c1nc2c(C)c(Cl)ccc2s1. The number of nitrogens with zero attached hydrogens (tertiary/aromatic N) is 4. The molecule has 0 bridgehead atoms. The van der Waals surface area contributed by atoms with E-state index in [2.05, 4.69) is 18.7 Å². The molecule has 1 atom stereocenters. The maximum atomic E-state index is 14.0. The molecule has 2 heterocycles. The number of hydrogen-bond acceptors (Lipinski definition) is 6. The number of fused-ring (bicyclic) bond motifs is 1. The number of carbonyl (C=O) groups excluding carboxylic acids is 1. The van der Waals surface area contributed by atoms with Crippen LogP contribution >= 0.6 is 22.9 Å². The Morgan fingerprint density at radius 3 is 2.47 bits per heavy atom. The minimum Gasteiger partial charge on any atom is -0.302 e. The average Bonchev–Trinajstić information content (AvgIpc) is 3.53. The molecule has 4 rings (SSSR count). The molecule has 1 fully saturated rings. The lowest BCUT2D eigenvalue weighted by Gasteiger charge is -2.30. The van der Waals surface area contributed by atoms with Gasteiger partial charge in [0.25, 0.3) is 0 Å². The molecule has 194 valence electrons. The summed E-state index contributed by atoms with van der Waals surface area (Å²) in [5.74, 6) is -0.224. The first-order chi connectivity index (χ1) is 17.2. The summed E-state index contributed by atoms with van der Waals surface area (Å²) in [7, 11) is -3.80. The van der Waals surface area contributed by atoms with Gasteiger partial charge in [0.05, 0.1) is 15.1 Å². The van der Waals surface area contributed by atoms with Gasteiger partial charge in [-0.15, -0.1) is 0 Å². The largest absolute Gasteiger partial charge is 0.302 e. The molecule has 0 aliphatic carbocycles. The highest BCUT2D eigenvalue weighted by molar-refractivity contribution is 7.89. The van der Waals surface area contributed by atoms with Gasteiger partial charge in [-0.25, -0.2) is 13.4 Å². The van der Waals surface area contributed by atoms with Crippen LogP contribution in [-0.2, 0) is 14.8 Å². The lowest BCUT2D eigenvalue weighted by atomic mass is 10.2. The van der Waals surface area contributed by atoms with Gasteiger partial charge in [0.15, 0.2) is 5.13 Å². The molecule has 3 aromatic rings. The first-order valence-electron chi connectivity index (χ1n) is 12.3. The molecule has 7 nitrogen and oxygen atoms in total. The Hall–Kier alpha value is -2.04. The molecule has 1 unspecified atom stereocenters. The highest BCUT2D eigenvalue weighted by atomic mass is 35.5. The van der Waals surface area contributed by atoms with Crippen molar-refractivity contribution in [1.82, 2.24) is 14.2 Å². The number of amides is 1. The molecule has 0 radical (unpaired) electrons. The third-order valence-corrected chi connectivity index (χ3v) is 10.3. The summed E-state index contributed by atoms with van der Waals surface area (Å²) in [4.78, 5) is 23.0. The number of aryl methyl sites for hydroxylation is 2. The number of aromatic nitrogens is 1. The van der Waals surface area contributed by atoms with E-state index in [0.29, 0.717) is 42.6 Å². The molecule has 0 N–H and O–H groups in total. The van der Waals surface area contributed by atoms with Gasteiger partial charge in [0.1, 0.15) is 6.04 Å². The summed E-state index contributed by atoms with van der Waals surface area (Å²) < 4.78 is 29.4.